The Balaban J connectivity index is 2.19. The third kappa shape index (κ3) is 2.95. The van der Waals surface area contributed by atoms with Gasteiger partial charge in [-0.05, 0) is 18.6 Å². The van der Waals surface area contributed by atoms with Crippen LogP contribution < -0.4 is 0 Å². The van der Waals surface area contributed by atoms with Crippen molar-refractivity contribution in [3.8, 4) is 0 Å². The molecule has 1 atom stereocenters. The number of nitrogens with zero attached hydrogens (tertiary/aromatic N) is 2. The van der Waals surface area contributed by atoms with E-state index in [9.17, 15) is 9.90 Å². The van der Waals surface area contributed by atoms with Crippen LogP contribution in [0.3, 0.4) is 0 Å². The average Bonchev–Trinajstić information content (AvgIpc) is 2.46. The van der Waals surface area contributed by atoms with Crippen LogP contribution in [0.15, 0.2) is 48.9 Å². The zero-order valence-corrected chi connectivity index (χ0v) is 10.5. The third-order valence-electron chi connectivity index (χ3n) is 2.88. The second-order valence-electron chi connectivity index (χ2n) is 4.19. The Hall–Kier alpha value is -2.27. The molecule has 0 saturated carbocycles. The summed E-state index contributed by atoms with van der Waals surface area (Å²) >= 11 is 0. The molecule has 0 fully saturated rings. The van der Waals surface area contributed by atoms with Crippen LogP contribution in [0.25, 0.3) is 0 Å². The van der Waals surface area contributed by atoms with Crippen LogP contribution in [-0.2, 0) is 21.7 Å². The lowest BCUT2D eigenvalue weighted by Crippen LogP contribution is -2.35. The molecule has 0 aliphatic rings. The van der Waals surface area contributed by atoms with Gasteiger partial charge < -0.3 is 9.84 Å². The first-order valence-corrected chi connectivity index (χ1v) is 5.80. The maximum Gasteiger partial charge on any atom is 0.340 e. The lowest BCUT2D eigenvalue weighted by Gasteiger charge is -2.25. The molecule has 1 heterocycles. The number of aliphatic carboxylic acids is 1. The molecule has 98 valence electrons. The second-order valence-corrected chi connectivity index (χ2v) is 4.19. The van der Waals surface area contributed by atoms with E-state index >= 15 is 0 Å². The average molecular weight is 258 g/mol. The summed E-state index contributed by atoms with van der Waals surface area (Å²) in [5, 5.41) is 9.41. The smallest absolute Gasteiger partial charge is 0.340 e. The first-order chi connectivity index (χ1) is 9.13. The van der Waals surface area contributed by atoms with Crippen LogP contribution in [0.1, 0.15) is 18.2 Å². The molecule has 0 amide bonds. The summed E-state index contributed by atoms with van der Waals surface area (Å²) in [4.78, 5) is 19.3. The van der Waals surface area contributed by atoms with Crippen LogP contribution in [0.5, 0.6) is 0 Å². The van der Waals surface area contributed by atoms with Crippen molar-refractivity contribution in [3.05, 3.63) is 60.2 Å². The summed E-state index contributed by atoms with van der Waals surface area (Å²) in [5.41, 5.74) is -0.165. The third-order valence-corrected chi connectivity index (χ3v) is 2.88. The standard InChI is InChI=1S/C14H14N2O3/c1-14(13(17)18,11-5-3-2-4-6-11)19-9-12-7-8-15-10-16-12/h2-8,10H,9H2,1H3,(H,17,18). The highest BCUT2D eigenvalue weighted by Crippen LogP contribution is 2.26. The number of hydrogen-bond donors (Lipinski definition) is 1. The van der Waals surface area contributed by atoms with Crippen molar-refractivity contribution < 1.29 is 14.6 Å². The summed E-state index contributed by atoms with van der Waals surface area (Å²) in [7, 11) is 0. The molecule has 0 spiro atoms. The molecule has 2 rings (SSSR count). The summed E-state index contributed by atoms with van der Waals surface area (Å²) < 4.78 is 5.57. The fraction of sp³-hybridized carbons (Fsp3) is 0.214. The lowest BCUT2D eigenvalue weighted by atomic mass is 9.96. The molecule has 1 aromatic carbocycles. The lowest BCUT2D eigenvalue weighted by molar-refractivity contribution is -0.167. The molecule has 1 N–H and O–H groups in total. The highest BCUT2D eigenvalue weighted by molar-refractivity contribution is 5.78. The molecule has 2 aromatic rings. The summed E-state index contributed by atoms with van der Waals surface area (Å²) in [6.07, 6.45) is 2.99. The van der Waals surface area contributed by atoms with Gasteiger partial charge in [-0.1, -0.05) is 30.3 Å². The highest BCUT2D eigenvalue weighted by atomic mass is 16.5. The molecule has 5 heteroatoms. The van der Waals surface area contributed by atoms with E-state index in [2.05, 4.69) is 9.97 Å². The number of carbonyl (C=O) groups is 1. The number of aromatic nitrogens is 2. The number of hydrogen-bond acceptors (Lipinski definition) is 4. The van der Waals surface area contributed by atoms with E-state index in [1.54, 1.807) is 36.5 Å². The number of benzene rings is 1. The fourth-order valence-electron chi connectivity index (χ4n) is 1.65. The van der Waals surface area contributed by atoms with E-state index in [1.807, 2.05) is 6.07 Å². The van der Waals surface area contributed by atoms with E-state index in [1.165, 1.54) is 13.3 Å². The SMILES string of the molecule is CC(OCc1ccncn1)(C(=O)O)c1ccccc1. The van der Waals surface area contributed by atoms with E-state index in [0.717, 1.165) is 0 Å². The first-order valence-electron chi connectivity index (χ1n) is 5.80. The van der Waals surface area contributed by atoms with E-state index in [0.29, 0.717) is 11.3 Å². The maximum atomic E-state index is 11.5. The predicted octanol–water partition coefficient (Wildman–Crippen LogP) is 1.99. The molecular weight excluding hydrogens is 244 g/mol. The fourth-order valence-corrected chi connectivity index (χ4v) is 1.65. The number of carboxylic acids is 1. The summed E-state index contributed by atoms with van der Waals surface area (Å²) in [6.45, 7) is 1.64. The zero-order chi connectivity index (χ0) is 13.7. The minimum atomic E-state index is -1.40. The minimum absolute atomic E-state index is 0.111. The largest absolute Gasteiger partial charge is 0.479 e. The Bertz CT molecular complexity index is 545. The maximum absolute atomic E-state index is 11.5. The van der Waals surface area contributed by atoms with Crippen molar-refractivity contribution in [1.82, 2.24) is 9.97 Å². The molecule has 1 unspecified atom stereocenters. The Labute approximate surface area is 110 Å². The monoisotopic (exact) mass is 258 g/mol. The van der Waals surface area contributed by atoms with Crippen molar-refractivity contribution in [2.24, 2.45) is 0 Å². The van der Waals surface area contributed by atoms with E-state index < -0.39 is 11.6 Å². The van der Waals surface area contributed by atoms with Crippen LogP contribution in [-0.4, -0.2) is 21.0 Å². The van der Waals surface area contributed by atoms with Gasteiger partial charge >= 0.3 is 5.97 Å². The van der Waals surface area contributed by atoms with Gasteiger partial charge in [0.2, 0.25) is 0 Å². The molecule has 1 aromatic heterocycles. The van der Waals surface area contributed by atoms with Gasteiger partial charge in [0, 0.05) is 6.20 Å². The summed E-state index contributed by atoms with van der Waals surface area (Å²) in [5.74, 6) is -1.03. The summed E-state index contributed by atoms with van der Waals surface area (Å²) in [6, 6.07) is 10.5. The number of carboxylic acid groups (broad SMARTS) is 1. The van der Waals surface area contributed by atoms with Gasteiger partial charge in [0.25, 0.3) is 0 Å². The molecule has 19 heavy (non-hydrogen) atoms. The van der Waals surface area contributed by atoms with Crippen LogP contribution in [0, 0.1) is 0 Å². The van der Waals surface area contributed by atoms with Crippen molar-refractivity contribution >= 4 is 5.97 Å². The Kier molecular flexibility index (Phi) is 3.87. The highest BCUT2D eigenvalue weighted by Gasteiger charge is 2.36. The topological polar surface area (TPSA) is 72.3 Å². The molecule has 0 radical (unpaired) electrons. The van der Waals surface area contributed by atoms with Crippen molar-refractivity contribution in [3.63, 3.8) is 0 Å². The molecule has 5 nitrogen and oxygen atoms in total. The molecule has 0 aliphatic heterocycles. The van der Waals surface area contributed by atoms with Gasteiger partial charge in [0.05, 0.1) is 12.3 Å². The van der Waals surface area contributed by atoms with Gasteiger partial charge in [-0.3, -0.25) is 0 Å². The Morgan fingerprint density at radius 2 is 2.05 bits per heavy atom. The van der Waals surface area contributed by atoms with Crippen molar-refractivity contribution in [1.29, 1.82) is 0 Å². The predicted molar refractivity (Wildman–Crippen MR) is 68.3 cm³/mol. The Morgan fingerprint density at radius 1 is 1.32 bits per heavy atom. The van der Waals surface area contributed by atoms with Gasteiger partial charge in [0.1, 0.15) is 6.33 Å². The minimum Gasteiger partial charge on any atom is -0.479 e. The normalized spacial score (nSPS) is 13.7. The van der Waals surface area contributed by atoms with E-state index in [-0.39, 0.29) is 6.61 Å². The van der Waals surface area contributed by atoms with Crippen LogP contribution in [0.2, 0.25) is 0 Å². The van der Waals surface area contributed by atoms with E-state index in [4.69, 9.17) is 4.74 Å². The van der Waals surface area contributed by atoms with Gasteiger partial charge in [0.15, 0.2) is 5.60 Å². The first kappa shape index (κ1) is 13.2. The molecule has 0 bridgehead atoms. The second kappa shape index (κ2) is 5.58. The van der Waals surface area contributed by atoms with Gasteiger partial charge in [-0.15, -0.1) is 0 Å². The van der Waals surface area contributed by atoms with Crippen LogP contribution >= 0.6 is 0 Å². The van der Waals surface area contributed by atoms with Crippen LogP contribution in [0.4, 0.5) is 0 Å². The molecule has 0 saturated heterocycles. The van der Waals surface area contributed by atoms with Crippen molar-refractivity contribution in [2.45, 2.75) is 19.1 Å². The van der Waals surface area contributed by atoms with Crippen molar-refractivity contribution in [2.75, 3.05) is 0 Å². The molecular formula is C14H14N2O3. The quantitative estimate of drug-likeness (QED) is 0.888. The Morgan fingerprint density at radius 3 is 2.63 bits per heavy atom. The number of ether oxygens (including phenoxy) is 1. The molecule has 0 aliphatic carbocycles. The number of rotatable bonds is 5. The zero-order valence-electron chi connectivity index (χ0n) is 10.5. The van der Waals surface area contributed by atoms with Gasteiger partial charge in [-0.25, -0.2) is 14.8 Å². The van der Waals surface area contributed by atoms with Gasteiger partial charge in [-0.2, -0.15) is 0 Å².